The lowest BCUT2D eigenvalue weighted by atomic mass is 10.0. The lowest BCUT2D eigenvalue weighted by molar-refractivity contribution is -0.148. The van der Waals surface area contributed by atoms with Crippen molar-refractivity contribution >= 4 is 5.97 Å². The lowest BCUT2D eigenvalue weighted by Crippen LogP contribution is -2.39. The van der Waals surface area contributed by atoms with Crippen molar-refractivity contribution in [3.63, 3.8) is 0 Å². The van der Waals surface area contributed by atoms with Crippen molar-refractivity contribution in [2.75, 3.05) is 6.61 Å². The summed E-state index contributed by atoms with van der Waals surface area (Å²) in [7, 11) is 0. The SMILES string of the molecule is CCOC(=O)[C@H](C)[C@H](C)N[C@H](C)c1c(F)cccc1F. The maximum Gasteiger partial charge on any atom is 0.310 e. The van der Waals surface area contributed by atoms with Crippen LogP contribution in [0, 0.1) is 17.6 Å². The number of carbonyl (C=O) groups excluding carboxylic acids is 1. The Bertz CT molecular complexity index is 445. The first kappa shape index (κ1) is 16.6. The van der Waals surface area contributed by atoms with Crippen molar-refractivity contribution in [1.29, 1.82) is 0 Å². The van der Waals surface area contributed by atoms with Crippen molar-refractivity contribution in [3.8, 4) is 0 Å². The average molecular weight is 285 g/mol. The molecule has 0 aromatic heterocycles. The lowest BCUT2D eigenvalue weighted by Gasteiger charge is -2.24. The summed E-state index contributed by atoms with van der Waals surface area (Å²) < 4.78 is 32.3. The highest BCUT2D eigenvalue weighted by Gasteiger charge is 2.24. The normalized spacial score (nSPS) is 15.5. The summed E-state index contributed by atoms with van der Waals surface area (Å²) in [6.45, 7) is 7.22. The van der Waals surface area contributed by atoms with Gasteiger partial charge in [0.05, 0.1) is 12.5 Å². The minimum Gasteiger partial charge on any atom is -0.466 e. The molecule has 0 heterocycles. The third-order valence-corrected chi connectivity index (χ3v) is 3.35. The molecule has 0 radical (unpaired) electrons. The topological polar surface area (TPSA) is 38.3 Å². The predicted molar refractivity (Wildman–Crippen MR) is 73.2 cm³/mol. The first-order chi connectivity index (χ1) is 9.38. The predicted octanol–water partition coefficient (Wildman–Crippen LogP) is 3.20. The Morgan fingerprint density at radius 1 is 1.25 bits per heavy atom. The van der Waals surface area contributed by atoms with Gasteiger partial charge in [-0.15, -0.1) is 0 Å². The molecule has 1 aromatic rings. The Labute approximate surface area is 118 Å². The summed E-state index contributed by atoms with van der Waals surface area (Å²) in [4.78, 5) is 11.6. The quantitative estimate of drug-likeness (QED) is 0.816. The van der Waals surface area contributed by atoms with Crippen LogP contribution in [0.25, 0.3) is 0 Å². The van der Waals surface area contributed by atoms with Crippen LogP contribution < -0.4 is 5.32 Å². The number of rotatable bonds is 6. The highest BCUT2D eigenvalue weighted by atomic mass is 19.1. The molecule has 0 unspecified atom stereocenters. The van der Waals surface area contributed by atoms with Crippen LogP contribution in [0.2, 0.25) is 0 Å². The van der Waals surface area contributed by atoms with Gasteiger partial charge in [-0.1, -0.05) is 13.0 Å². The molecule has 0 bridgehead atoms. The first-order valence-corrected chi connectivity index (χ1v) is 6.75. The highest BCUT2D eigenvalue weighted by Crippen LogP contribution is 2.21. The van der Waals surface area contributed by atoms with Gasteiger partial charge < -0.3 is 10.1 Å². The largest absolute Gasteiger partial charge is 0.466 e. The molecule has 3 atom stereocenters. The summed E-state index contributed by atoms with van der Waals surface area (Å²) in [6, 6.07) is 2.96. The Morgan fingerprint density at radius 2 is 1.80 bits per heavy atom. The monoisotopic (exact) mass is 285 g/mol. The minimum absolute atomic E-state index is 0.0181. The summed E-state index contributed by atoms with van der Waals surface area (Å²) in [5, 5.41) is 3.04. The number of halogens is 2. The number of hydrogen-bond donors (Lipinski definition) is 1. The molecule has 0 spiro atoms. The van der Waals surface area contributed by atoms with Gasteiger partial charge in [0.2, 0.25) is 0 Å². The van der Waals surface area contributed by atoms with Gasteiger partial charge in [0.25, 0.3) is 0 Å². The zero-order valence-corrected chi connectivity index (χ0v) is 12.2. The van der Waals surface area contributed by atoms with E-state index in [9.17, 15) is 13.6 Å². The zero-order valence-electron chi connectivity index (χ0n) is 12.2. The number of nitrogens with one attached hydrogen (secondary N) is 1. The molecule has 0 aliphatic heterocycles. The van der Waals surface area contributed by atoms with Gasteiger partial charge in [0, 0.05) is 17.6 Å². The maximum atomic E-state index is 13.7. The van der Waals surface area contributed by atoms with Gasteiger partial charge in [-0.05, 0) is 32.9 Å². The second-order valence-electron chi connectivity index (χ2n) is 4.85. The minimum atomic E-state index is -0.596. The Balaban J connectivity index is 2.75. The van der Waals surface area contributed by atoms with Crippen LogP contribution in [0.4, 0.5) is 8.78 Å². The van der Waals surface area contributed by atoms with Gasteiger partial charge in [0.1, 0.15) is 11.6 Å². The van der Waals surface area contributed by atoms with Gasteiger partial charge in [0.15, 0.2) is 0 Å². The highest BCUT2D eigenvalue weighted by molar-refractivity contribution is 5.72. The molecule has 20 heavy (non-hydrogen) atoms. The summed E-state index contributed by atoms with van der Waals surface area (Å²) in [5.41, 5.74) is -0.0181. The molecular weight excluding hydrogens is 264 g/mol. The number of esters is 1. The second-order valence-corrected chi connectivity index (χ2v) is 4.85. The molecule has 0 saturated heterocycles. The van der Waals surface area contributed by atoms with Crippen molar-refractivity contribution < 1.29 is 18.3 Å². The van der Waals surface area contributed by atoms with Crippen molar-refractivity contribution in [1.82, 2.24) is 5.32 Å². The second kappa shape index (κ2) is 7.33. The van der Waals surface area contributed by atoms with E-state index in [1.165, 1.54) is 18.2 Å². The van der Waals surface area contributed by atoms with Gasteiger partial charge in [-0.25, -0.2) is 8.78 Å². The molecule has 5 heteroatoms. The third kappa shape index (κ3) is 4.00. The molecule has 3 nitrogen and oxygen atoms in total. The fourth-order valence-corrected chi connectivity index (χ4v) is 2.02. The van der Waals surface area contributed by atoms with E-state index in [0.29, 0.717) is 6.61 Å². The fraction of sp³-hybridized carbons (Fsp3) is 0.533. The van der Waals surface area contributed by atoms with Crippen LogP contribution >= 0.6 is 0 Å². The molecule has 1 rings (SSSR count). The molecule has 0 aliphatic carbocycles. The fourth-order valence-electron chi connectivity index (χ4n) is 2.02. The van der Waals surface area contributed by atoms with Crippen LogP contribution in [-0.2, 0) is 9.53 Å². The molecule has 112 valence electrons. The van der Waals surface area contributed by atoms with Crippen LogP contribution in [0.5, 0.6) is 0 Å². The first-order valence-electron chi connectivity index (χ1n) is 6.75. The Morgan fingerprint density at radius 3 is 2.30 bits per heavy atom. The smallest absolute Gasteiger partial charge is 0.310 e. The maximum absolute atomic E-state index is 13.7. The molecule has 1 aromatic carbocycles. The van der Waals surface area contributed by atoms with E-state index < -0.39 is 23.6 Å². The van der Waals surface area contributed by atoms with E-state index >= 15 is 0 Å². The van der Waals surface area contributed by atoms with Gasteiger partial charge in [-0.2, -0.15) is 0 Å². The van der Waals surface area contributed by atoms with Crippen molar-refractivity contribution in [3.05, 3.63) is 35.4 Å². The molecule has 0 fully saturated rings. The number of ether oxygens (including phenoxy) is 1. The average Bonchev–Trinajstić information content (AvgIpc) is 2.37. The molecule has 0 saturated carbocycles. The number of benzene rings is 1. The van der Waals surface area contributed by atoms with Crippen molar-refractivity contribution in [2.24, 2.45) is 5.92 Å². The van der Waals surface area contributed by atoms with E-state index in [4.69, 9.17) is 4.74 Å². The number of hydrogen-bond acceptors (Lipinski definition) is 3. The summed E-state index contributed by atoms with van der Waals surface area (Å²) in [6.07, 6.45) is 0. The van der Waals surface area contributed by atoms with E-state index in [0.717, 1.165) is 0 Å². The summed E-state index contributed by atoms with van der Waals surface area (Å²) >= 11 is 0. The Kier molecular flexibility index (Phi) is 6.07. The molecule has 0 amide bonds. The molecule has 0 aliphatic rings. The zero-order chi connectivity index (χ0) is 15.3. The summed E-state index contributed by atoms with van der Waals surface area (Å²) in [5.74, 6) is -1.91. The standard InChI is InChI=1S/C15H21F2NO2/c1-5-20-15(19)9(2)10(3)18-11(4)14-12(16)7-6-8-13(14)17/h6-11,18H,5H2,1-4H3/t9-,10+,11-/m1/s1. The van der Waals surface area contributed by atoms with Crippen LogP contribution in [-0.4, -0.2) is 18.6 Å². The molecular formula is C15H21F2NO2. The molecule has 1 N–H and O–H groups in total. The third-order valence-electron chi connectivity index (χ3n) is 3.35. The van der Waals surface area contributed by atoms with Gasteiger partial charge in [-0.3, -0.25) is 4.79 Å². The van der Waals surface area contributed by atoms with Crippen LogP contribution in [0.1, 0.15) is 39.3 Å². The Hall–Kier alpha value is -1.49. The van der Waals surface area contributed by atoms with Crippen LogP contribution in [0.15, 0.2) is 18.2 Å². The van der Waals surface area contributed by atoms with Gasteiger partial charge >= 0.3 is 5.97 Å². The van der Waals surface area contributed by atoms with E-state index in [1.807, 2.05) is 0 Å². The number of carbonyl (C=O) groups is 1. The van der Waals surface area contributed by atoms with E-state index in [-0.39, 0.29) is 17.6 Å². The van der Waals surface area contributed by atoms with E-state index in [2.05, 4.69) is 5.32 Å². The van der Waals surface area contributed by atoms with Crippen molar-refractivity contribution in [2.45, 2.75) is 39.8 Å². The van der Waals surface area contributed by atoms with E-state index in [1.54, 1.807) is 27.7 Å². The van der Waals surface area contributed by atoms with Crippen LogP contribution in [0.3, 0.4) is 0 Å².